The average Bonchev–Trinajstić information content (AvgIpc) is 2.92. The highest BCUT2D eigenvalue weighted by molar-refractivity contribution is 6.09. The molecule has 0 aliphatic carbocycles. The van der Waals surface area contributed by atoms with Gasteiger partial charge in [-0.2, -0.15) is 0 Å². The van der Waals surface area contributed by atoms with Crippen molar-refractivity contribution >= 4 is 17.8 Å². The molecular weight excluding hydrogens is 361 g/mol. The van der Waals surface area contributed by atoms with Gasteiger partial charge >= 0.3 is 6.03 Å². The average molecular weight is 389 g/mol. The normalized spacial score (nSPS) is 25.2. The lowest BCUT2D eigenvalue weighted by atomic mass is 9.85. The van der Waals surface area contributed by atoms with E-state index in [4.69, 9.17) is 0 Å². The van der Waals surface area contributed by atoms with Crippen LogP contribution < -0.4 is 5.32 Å². The molecule has 2 saturated heterocycles. The Morgan fingerprint density at radius 2 is 2.00 bits per heavy atom. The van der Waals surface area contributed by atoms with Crippen LogP contribution in [0.2, 0.25) is 0 Å². The van der Waals surface area contributed by atoms with E-state index in [2.05, 4.69) is 12.2 Å². The van der Waals surface area contributed by atoms with E-state index in [1.54, 1.807) is 4.90 Å². The van der Waals surface area contributed by atoms with Gasteiger partial charge in [0.15, 0.2) is 0 Å². The minimum absolute atomic E-state index is 0.208. The zero-order valence-electron chi connectivity index (χ0n) is 16.5. The summed E-state index contributed by atoms with van der Waals surface area (Å²) in [6.07, 6.45) is 3.98. The number of nitrogens with zero attached hydrogens (tertiary/aromatic N) is 2. The highest BCUT2D eigenvalue weighted by atomic mass is 19.1. The molecule has 0 bridgehead atoms. The van der Waals surface area contributed by atoms with Gasteiger partial charge in [0.25, 0.3) is 5.91 Å². The van der Waals surface area contributed by atoms with E-state index < -0.39 is 23.3 Å². The van der Waals surface area contributed by atoms with E-state index in [1.807, 2.05) is 6.92 Å². The van der Waals surface area contributed by atoms with Crippen LogP contribution in [-0.4, -0.2) is 47.3 Å². The molecule has 4 amide bonds. The molecule has 2 aliphatic heterocycles. The summed E-state index contributed by atoms with van der Waals surface area (Å²) in [6.45, 7) is 5.15. The van der Waals surface area contributed by atoms with Crippen LogP contribution in [-0.2, 0) is 15.1 Å². The topological polar surface area (TPSA) is 69.7 Å². The second-order valence-corrected chi connectivity index (χ2v) is 7.92. The third-order valence-corrected chi connectivity index (χ3v) is 5.72. The van der Waals surface area contributed by atoms with E-state index in [0.717, 1.165) is 30.6 Å². The van der Waals surface area contributed by atoms with Crippen molar-refractivity contribution in [3.8, 4) is 0 Å². The number of piperidine rings is 1. The monoisotopic (exact) mass is 389 g/mol. The van der Waals surface area contributed by atoms with E-state index in [-0.39, 0.29) is 12.5 Å². The van der Waals surface area contributed by atoms with Crippen LogP contribution in [0.15, 0.2) is 24.3 Å². The molecule has 2 heterocycles. The zero-order chi connectivity index (χ0) is 20.3. The molecule has 7 heteroatoms. The molecule has 2 aliphatic rings. The fraction of sp³-hybridized carbons (Fsp3) is 0.571. The Bertz CT molecular complexity index is 752. The van der Waals surface area contributed by atoms with Crippen molar-refractivity contribution in [1.82, 2.24) is 15.1 Å². The third kappa shape index (κ3) is 3.88. The smallest absolute Gasteiger partial charge is 0.325 e. The molecule has 1 aromatic carbocycles. The molecule has 1 N–H and O–H groups in total. The fourth-order valence-corrected chi connectivity index (χ4v) is 4.11. The van der Waals surface area contributed by atoms with Crippen molar-refractivity contribution in [3.63, 3.8) is 0 Å². The summed E-state index contributed by atoms with van der Waals surface area (Å²) in [7, 11) is 0. The first-order chi connectivity index (χ1) is 13.4. The molecule has 0 radical (unpaired) electrons. The molecule has 0 saturated carbocycles. The van der Waals surface area contributed by atoms with Crippen LogP contribution in [0.4, 0.5) is 9.18 Å². The maximum Gasteiger partial charge on any atom is 0.325 e. The van der Waals surface area contributed by atoms with Crippen molar-refractivity contribution in [3.05, 3.63) is 35.6 Å². The van der Waals surface area contributed by atoms with Gasteiger partial charge in [0.1, 0.15) is 17.9 Å². The van der Waals surface area contributed by atoms with Gasteiger partial charge in [-0.25, -0.2) is 9.18 Å². The highest BCUT2D eigenvalue weighted by Crippen LogP contribution is 2.34. The Morgan fingerprint density at radius 3 is 2.64 bits per heavy atom. The number of carbonyl (C=O) groups excluding carboxylic acids is 3. The van der Waals surface area contributed by atoms with Crippen molar-refractivity contribution < 1.29 is 18.8 Å². The number of amides is 4. The zero-order valence-corrected chi connectivity index (χ0v) is 16.5. The number of rotatable bonds is 6. The summed E-state index contributed by atoms with van der Waals surface area (Å²) >= 11 is 0. The van der Waals surface area contributed by atoms with Crippen LogP contribution in [0.5, 0.6) is 0 Å². The van der Waals surface area contributed by atoms with Gasteiger partial charge in [-0.15, -0.1) is 0 Å². The predicted molar refractivity (Wildman–Crippen MR) is 103 cm³/mol. The number of nitrogens with one attached hydrogen (secondary N) is 1. The molecule has 28 heavy (non-hydrogen) atoms. The molecular formula is C21H28FN3O3. The molecule has 2 atom stereocenters. The molecule has 152 valence electrons. The number of benzene rings is 1. The second-order valence-electron chi connectivity index (χ2n) is 7.92. The largest absolute Gasteiger partial charge is 0.341 e. The maximum absolute atomic E-state index is 13.4. The van der Waals surface area contributed by atoms with E-state index in [0.29, 0.717) is 31.0 Å². The number of halogens is 1. The van der Waals surface area contributed by atoms with Crippen LogP contribution in [0.1, 0.15) is 51.5 Å². The second kappa shape index (κ2) is 8.29. The van der Waals surface area contributed by atoms with Crippen molar-refractivity contribution in [2.24, 2.45) is 5.92 Å². The first-order valence-corrected chi connectivity index (χ1v) is 10.1. The molecule has 2 fully saturated rings. The summed E-state index contributed by atoms with van der Waals surface area (Å²) in [4.78, 5) is 41.4. The Labute approximate surface area is 165 Å². The van der Waals surface area contributed by atoms with E-state index >= 15 is 0 Å². The number of likely N-dealkylation sites (tertiary alicyclic amines) is 1. The van der Waals surface area contributed by atoms with Crippen molar-refractivity contribution in [2.75, 3.05) is 19.6 Å². The lowest BCUT2D eigenvalue weighted by Gasteiger charge is -2.32. The summed E-state index contributed by atoms with van der Waals surface area (Å²) in [5.74, 6) is -0.627. The first-order valence-electron chi connectivity index (χ1n) is 10.1. The van der Waals surface area contributed by atoms with Crippen LogP contribution in [0.3, 0.4) is 0 Å². The van der Waals surface area contributed by atoms with Gasteiger partial charge in [-0.05, 0) is 42.9 Å². The number of unbranched alkanes of at least 4 members (excludes halogenated alkanes) is 1. The lowest BCUT2D eigenvalue weighted by molar-refractivity contribution is -0.140. The van der Waals surface area contributed by atoms with Gasteiger partial charge in [0.2, 0.25) is 5.91 Å². The molecule has 3 rings (SSSR count). The van der Waals surface area contributed by atoms with Gasteiger partial charge in [0, 0.05) is 13.1 Å². The third-order valence-electron chi connectivity index (χ3n) is 5.72. The summed E-state index contributed by atoms with van der Waals surface area (Å²) in [6, 6.07) is 5.06. The highest BCUT2D eigenvalue weighted by Gasteiger charge is 2.52. The van der Waals surface area contributed by atoms with Gasteiger partial charge in [-0.3, -0.25) is 14.5 Å². The number of hydrogen-bond acceptors (Lipinski definition) is 3. The molecule has 6 nitrogen and oxygen atoms in total. The Kier molecular flexibility index (Phi) is 6.01. The number of hydrogen-bond donors (Lipinski definition) is 1. The summed E-state index contributed by atoms with van der Waals surface area (Å²) in [5, 5.41) is 2.80. The van der Waals surface area contributed by atoms with Crippen LogP contribution >= 0.6 is 0 Å². The standard InChI is InChI=1S/C21H28FN3O3/c1-3-4-11-21(16-7-9-17(22)10-8-16)19(27)25(20(28)23-21)14-18(26)24-12-5-6-15(2)13-24/h7-10,15H,3-6,11-14H2,1-2H3,(H,23,28)/t15-,21-/m0/s1. The lowest BCUT2D eigenvalue weighted by Crippen LogP contribution is -2.47. The molecule has 1 aromatic rings. The SMILES string of the molecule is CCCC[C@@]1(c2ccc(F)cc2)NC(=O)N(CC(=O)N2CCC[C@H](C)C2)C1=O. The summed E-state index contributed by atoms with van der Waals surface area (Å²) in [5.41, 5.74) is -0.696. The number of urea groups is 1. The quantitative estimate of drug-likeness (QED) is 0.761. The Morgan fingerprint density at radius 1 is 1.29 bits per heavy atom. The molecule has 0 unspecified atom stereocenters. The molecule has 0 aromatic heterocycles. The number of imide groups is 1. The maximum atomic E-state index is 13.4. The Balaban J connectivity index is 1.82. The van der Waals surface area contributed by atoms with Crippen molar-refractivity contribution in [1.29, 1.82) is 0 Å². The van der Waals surface area contributed by atoms with Crippen LogP contribution in [0, 0.1) is 11.7 Å². The fourth-order valence-electron chi connectivity index (χ4n) is 4.11. The molecule has 0 spiro atoms. The van der Waals surface area contributed by atoms with E-state index in [1.165, 1.54) is 24.3 Å². The van der Waals surface area contributed by atoms with Gasteiger partial charge < -0.3 is 10.2 Å². The van der Waals surface area contributed by atoms with Gasteiger partial charge in [0.05, 0.1) is 0 Å². The van der Waals surface area contributed by atoms with Crippen molar-refractivity contribution in [2.45, 2.75) is 51.5 Å². The predicted octanol–water partition coefficient (Wildman–Crippen LogP) is 3.02. The minimum Gasteiger partial charge on any atom is -0.341 e. The van der Waals surface area contributed by atoms with E-state index in [9.17, 15) is 18.8 Å². The summed E-state index contributed by atoms with van der Waals surface area (Å²) < 4.78 is 13.4. The van der Waals surface area contributed by atoms with Gasteiger partial charge in [-0.1, -0.05) is 38.8 Å². The Hall–Kier alpha value is -2.44. The number of carbonyl (C=O) groups is 3. The first kappa shape index (κ1) is 20.3. The minimum atomic E-state index is -1.24. The van der Waals surface area contributed by atoms with Crippen LogP contribution in [0.25, 0.3) is 0 Å².